The van der Waals surface area contributed by atoms with Crippen molar-refractivity contribution >= 4 is 0 Å². The summed E-state index contributed by atoms with van der Waals surface area (Å²) in [5, 5.41) is 0. The third kappa shape index (κ3) is 3.66. The normalized spacial score (nSPS) is 10.7. The molecule has 0 radical (unpaired) electrons. The Bertz CT molecular complexity index is 676. The Morgan fingerprint density at radius 2 is 1.90 bits per heavy atom. The Kier molecular flexibility index (Phi) is 4.86. The summed E-state index contributed by atoms with van der Waals surface area (Å²) in [6.45, 7) is 1.06. The molecule has 0 spiro atoms. The van der Waals surface area contributed by atoms with Crippen LogP contribution in [0.1, 0.15) is 11.1 Å². The summed E-state index contributed by atoms with van der Waals surface area (Å²) in [6, 6.07) is 9.16. The number of nitrogens with two attached hydrogens (primary N) is 1. The minimum absolute atomic E-state index is 0.0899. The number of aromatic nitrogens is 2. The van der Waals surface area contributed by atoms with Gasteiger partial charge in [0, 0.05) is 12.3 Å². The van der Waals surface area contributed by atoms with Crippen LogP contribution in [-0.2, 0) is 24.5 Å². The average molecular weight is 275 g/mol. The van der Waals surface area contributed by atoms with Crippen molar-refractivity contribution in [1.29, 1.82) is 0 Å². The molecule has 0 unspecified atom stereocenters. The molecule has 0 aliphatic rings. The van der Waals surface area contributed by atoms with Crippen molar-refractivity contribution in [2.45, 2.75) is 19.8 Å². The van der Waals surface area contributed by atoms with Gasteiger partial charge in [0.05, 0.1) is 6.61 Å². The number of ether oxygens (including phenoxy) is 1. The number of nitrogens with one attached hydrogen (secondary N) is 1. The number of benzene rings is 1. The van der Waals surface area contributed by atoms with Crippen molar-refractivity contribution in [3.05, 3.63) is 68.5 Å². The van der Waals surface area contributed by atoms with E-state index in [1.165, 1.54) is 16.8 Å². The van der Waals surface area contributed by atoms with Crippen molar-refractivity contribution < 1.29 is 4.74 Å². The van der Waals surface area contributed by atoms with Crippen LogP contribution in [0.25, 0.3) is 0 Å². The first-order chi connectivity index (χ1) is 9.70. The molecular weight excluding hydrogens is 258 g/mol. The molecule has 2 aromatic rings. The molecule has 0 saturated heterocycles. The molecule has 0 saturated carbocycles. The van der Waals surface area contributed by atoms with Gasteiger partial charge in [0.25, 0.3) is 5.56 Å². The molecular formula is C14H17N3O3. The number of rotatable bonds is 6. The van der Waals surface area contributed by atoms with E-state index in [2.05, 4.69) is 4.98 Å². The fraction of sp³-hybridized carbons (Fsp3) is 0.286. The predicted octanol–water partition coefficient (Wildman–Crippen LogP) is 0.212. The molecule has 1 aromatic carbocycles. The maximum absolute atomic E-state index is 11.5. The zero-order chi connectivity index (χ0) is 14.4. The maximum atomic E-state index is 11.5. The van der Waals surface area contributed by atoms with Gasteiger partial charge < -0.3 is 10.5 Å². The lowest BCUT2D eigenvalue weighted by molar-refractivity contribution is 0.0604. The van der Waals surface area contributed by atoms with E-state index in [0.29, 0.717) is 13.2 Å². The van der Waals surface area contributed by atoms with Gasteiger partial charge >= 0.3 is 5.69 Å². The molecule has 1 heterocycles. The summed E-state index contributed by atoms with van der Waals surface area (Å²) in [6.07, 6.45) is 2.20. The third-order valence-electron chi connectivity index (χ3n) is 2.92. The number of aromatic amines is 1. The maximum Gasteiger partial charge on any atom is 0.330 e. The van der Waals surface area contributed by atoms with Crippen molar-refractivity contribution in [1.82, 2.24) is 9.55 Å². The average Bonchev–Trinajstić information content (AvgIpc) is 2.43. The highest BCUT2D eigenvalue weighted by Crippen LogP contribution is 2.10. The van der Waals surface area contributed by atoms with E-state index in [1.807, 2.05) is 24.3 Å². The Labute approximate surface area is 115 Å². The van der Waals surface area contributed by atoms with E-state index in [1.54, 1.807) is 0 Å². The molecule has 20 heavy (non-hydrogen) atoms. The summed E-state index contributed by atoms with van der Waals surface area (Å²) in [5.41, 5.74) is 6.86. The zero-order valence-corrected chi connectivity index (χ0v) is 11.0. The molecule has 1 aromatic heterocycles. The second kappa shape index (κ2) is 6.83. The molecule has 3 N–H and O–H groups in total. The first-order valence-corrected chi connectivity index (χ1v) is 6.35. The molecule has 2 rings (SSSR count). The number of hydrogen-bond acceptors (Lipinski definition) is 4. The predicted molar refractivity (Wildman–Crippen MR) is 75.3 cm³/mol. The number of H-pyrrole nitrogens is 1. The molecule has 0 aliphatic heterocycles. The summed E-state index contributed by atoms with van der Waals surface area (Å²) in [5.74, 6) is 0. The highest BCUT2D eigenvalue weighted by Gasteiger charge is 2.02. The Morgan fingerprint density at radius 1 is 1.15 bits per heavy atom. The Balaban J connectivity index is 1.99. The van der Waals surface area contributed by atoms with Gasteiger partial charge in [-0.15, -0.1) is 0 Å². The Morgan fingerprint density at radius 3 is 2.60 bits per heavy atom. The van der Waals surface area contributed by atoms with Gasteiger partial charge in [0.2, 0.25) is 0 Å². The van der Waals surface area contributed by atoms with Gasteiger partial charge in [-0.25, -0.2) is 4.79 Å². The van der Waals surface area contributed by atoms with E-state index >= 15 is 0 Å². The molecule has 0 atom stereocenters. The molecule has 0 amide bonds. The van der Waals surface area contributed by atoms with Crippen LogP contribution in [0.3, 0.4) is 0 Å². The molecule has 0 bridgehead atoms. The van der Waals surface area contributed by atoms with Crippen LogP contribution in [-0.4, -0.2) is 16.1 Å². The lowest BCUT2D eigenvalue weighted by Gasteiger charge is -2.10. The highest BCUT2D eigenvalue weighted by atomic mass is 16.5. The topological polar surface area (TPSA) is 90.1 Å². The third-order valence-corrected chi connectivity index (χ3v) is 2.92. The van der Waals surface area contributed by atoms with Crippen LogP contribution in [0.2, 0.25) is 0 Å². The SMILES string of the molecule is NCCc1ccccc1COCn1ccc(=O)[nH]c1=O. The standard InChI is InChI=1S/C14H17N3O3/c15-7-5-11-3-1-2-4-12(11)9-20-10-17-8-6-13(18)16-14(17)19/h1-4,6,8H,5,7,9-10,15H2,(H,16,18,19). The number of nitrogens with zero attached hydrogens (tertiary/aromatic N) is 1. The van der Waals surface area contributed by atoms with Crippen LogP contribution >= 0.6 is 0 Å². The summed E-state index contributed by atoms with van der Waals surface area (Å²) >= 11 is 0. The highest BCUT2D eigenvalue weighted by molar-refractivity contribution is 5.26. The van der Waals surface area contributed by atoms with E-state index in [4.69, 9.17) is 10.5 Å². The smallest absolute Gasteiger partial charge is 0.330 e. The molecule has 0 aliphatic carbocycles. The quantitative estimate of drug-likeness (QED) is 0.788. The zero-order valence-electron chi connectivity index (χ0n) is 11.0. The fourth-order valence-electron chi connectivity index (χ4n) is 1.90. The lowest BCUT2D eigenvalue weighted by atomic mass is 10.1. The van der Waals surface area contributed by atoms with Gasteiger partial charge in [0.1, 0.15) is 6.73 Å². The van der Waals surface area contributed by atoms with E-state index in [0.717, 1.165) is 17.5 Å². The van der Waals surface area contributed by atoms with Gasteiger partial charge in [-0.1, -0.05) is 24.3 Å². The fourth-order valence-corrected chi connectivity index (χ4v) is 1.90. The first-order valence-electron chi connectivity index (χ1n) is 6.35. The van der Waals surface area contributed by atoms with Gasteiger partial charge in [-0.2, -0.15) is 0 Å². The van der Waals surface area contributed by atoms with Crippen LogP contribution in [0.15, 0.2) is 46.1 Å². The summed E-state index contributed by atoms with van der Waals surface area (Å²) in [7, 11) is 0. The molecule has 106 valence electrons. The van der Waals surface area contributed by atoms with Crippen molar-refractivity contribution in [3.8, 4) is 0 Å². The minimum Gasteiger partial charge on any atom is -0.356 e. The largest absolute Gasteiger partial charge is 0.356 e. The van der Waals surface area contributed by atoms with E-state index < -0.39 is 11.2 Å². The van der Waals surface area contributed by atoms with E-state index in [-0.39, 0.29) is 6.73 Å². The second-order valence-electron chi connectivity index (χ2n) is 4.36. The summed E-state index contributed by atoms with van der Waals surface area (Å²) < 4.78 is 6.81. The van der Waals surface area contributed by atoms with Gasteiger partial charge in [-0.05, 0) is 24.1 Å². The van der Waals surface area contributed by atoms with E-state index in [9.17, 15) is 9.59 Å². The van der Waals surface area contributed by atoms with Crippen LogP contribution in [0.4, 0.5) is 0 Å². The van der Waals surface area contributed by atoms with Crippen LogP contribution in [0, 0.1) is 0 Å². The molecule has 6 nitrogen and oxygen atoms in total. The van der Waals surface area contributed by atoms with Crippen LogP contribution < -0.4 is 17.0 Å². The van der Waals surface area contributed by atoms with Crippen molar-refractivity contribution in [3.63, 3.8) is 0 Å². The van der Waals surface area contributed by atoms with Crippen molar-refractivity contribution in [2.75, 3.05) is 6.54 Å². The monoisotopic (exact) mass is 275 g/mol. The Hall–Kier alpha value is -2.18. The minimum atomic E-state index is -0.479. The van der Waals surface area contributed by atoms with Gasteiger partial charge in [-0.3, -0.25) is 14.3 Å². The van der Waals surface area contributed by atoms with Gasteiger partial charge in [0.15, 0.2) is 0 Å². The first kappa shape index (κ1) is 14.2. The number of hydrogen-bond donors (Lipinski definition) is 2. The molecule has 0 fully saturated rings. The second-order valence-corrected chi connectivity index (χ2v) is 4.36. The summed E-state index contributed by atoms with van der Waals surface area (Å²) in [4.78, 5) is 24.6. The lowest BCUT2D eigenvalue weighted by Crippen LogP contribution is -2.29. The van der Waals surface area contributed by atoms with Crippen LogP contribution in [0.5, 0.6) is 0 Å². The molecule has 6 heteroatoms. The van der Waals surface area contributed by atoms with Crippen molar-refractivity contribution in [2.24, 2.45) is 5.73 Å².